The first-order valence-electron chi connectivity index (χ1n) is 1.22. The summed E-state index contributed by atoms with van der Waals surface area (Å²) in [4.78, 5) is 34.1. The first-order valence-corrected chi connectivity index (χ1v) is 3.67. The molecule has 0 fully saturated rings. The molecule has 12 heteroatoms. The molecular weight excluding hydrogens is 277 g/mol. The number of hydrogen-bond acceptors (Lipinski definition) is 6. The molecular formula is FeLi2MnO6Si2. The van der Waals surface area contributed by atoms with Gasteiger partial charge >= 0.3 is 54.8 Å². The Morgan fingerprint density at radius 3 is 0.750 bits per heavy atom. The van der Waals surface area contributed by atoms with Gasteiger partial charge in [-0.3, -0.25) is 0 Å². The van der Waals surface area contributed by atoms with Gasteiger partial charge in [-0.05, 0) is 0 Å². The molecule has 0 spiro atoms. The molecule has 0 amide bonds. The molecule has 0 aromatic rings. The summed E-state index contributed by atoms with van der Waals surface area (Å²) in [6.45, 7) is 0. The van der Waals surface area contributed by atoms with Crippen molar-refractivity contribution in [3.05, 3.63) is 0 Å². The van der Waals surface area contributed by atoms with Crippen molar-refractivity contribution in [3.8, 4) is 0 Å². The zero-order chi connectivity index (χ0) is 7.15. The van der Waals surface area contributed by atoms with Crippen LogP contribution in [0.15, 0.2) is 0 Å². The van der Waals surface area contributed by atoms with Crippen molar-refractivity contribution in [1.82, 2.24) is 0 Å². The Bertz CT molecular complexity index is 81.5. The van der Waals surface area contributed by atoms with Gasteiger partial charge in [-0.2, -0.15) is 0 Å². The van der Waals surface area contributed by atoms with E-state index in [2.05, 4.69) is 0 Å². The molecule has 0 bridgehead atoms. The molecule has 0 rings (SSSR count). The van der Waals surface area contributed by atoms with Crippen molar-refractivity contribution >= 4 is 18.3 Å². The minimum Gasteiger partial charge on any atom is -0.672 e. The molecule has 0 aromatic carbocycles. The molecule has 0 N–H and O–H groups in total. The molecule has 0 unspecified atom stereocenters. The van der Waals surface area contributed by atoms with Gasteiger partial charge in [-0.25, -0.2) is 0 Å². The van der Waals surface area contributed by atoms with Crippen molar-refractivity contribution in [2.75, 3.05) is 0 Å². The summed E-state index contributed by atoms with van der Waals surface area (Å²) in [5, 5.41) is 0. The van der Waals surface area contributed by atoms with Crippen molar-refractivity contribution in [2.45, 2.75) is 0 Å². The maximum Gasteiger partial charge on any atom is 2.00 e. The summed E-state index contributed by atoms with van der Waals surface area (Å²) in [6.07, 6.45) is 0. The van der Waals surface area contributed by atoms with E-state index in [0.717, 1.165) is 0 Å². The largest absolute Gasteiger partial charge is 2.00 e. The fraction of sp³-hybridized carbons (Fsp3) is 0. The Hall–Kier alpha value is 1.47. The summed E-state index contributed by atoms with van der Waals surface area (Å²) >= 11 is 0. The quantitative estimate of drug-likeness (QED) is 0.404. The van der Waals surface area contributed by atoms with Crippen molar-refractivity contribution < 1.29 is 100.0 Å². The molecule has 0 aromatic heterocycles. The normalized spacial score (nSPS) is 4.00. The molecule has 0 saturated carbocycles. The summed E-state index contributed by atoms with van der Waals surface area (Å²) in [5.74, 6) is 0. The third kappa shape index (κ3) is 583. The second-order valence-electron chi connectivity index (χ2n) is 0.500. The maximum absolute atomic E-state index is 8.52. The summed E-state index contributed by atoms with van der Waals surface area (Å²) in [6, 6.07) is 0. The average Bonchev–Trinajstić information content (AvgIpc) is 1.25. The van der Waals surface area contributed by atoms with Crippen molar-refractivity contribution in [2.24, 2.45) is 0 Å². The van der Waals surface area contributed by atoms with Crippen LogP contribution in [0.4, 0.5) is 0 Å². The topological polar surface area (TPSA) is 126 Å². The Morgan fingerprint density at radius 2 is 0.750 bits per heavy atom. The summed E-state index contributed by atoms with van der Waals surface area (Å²) in [5.41, 5.74) is 0. The zero-order valence-electron chi connectivity index (χ0n) is 6.18. The molecule has 1 radical (unpaired) electrons. The van der Waals surface area contributed by atoms with E-state index in [1.54, 1.807) is 0 Å². The van der Waals surface area contributed by atoms with E-state index in [4.69, 9.17) is 28.1 Å². The van der Waals surface area contributed by atoms with E-state index in [1.165, 1.54) is 0 Å². The van der Waals surface area contributed by atoms with Crippen LogP contribution in [0.3, 0.4) is 0 Å². The summed E-state index contributed by atoms with van der Waals surface area (Å²) in [7, 11) is -7.26. The second-order valence-corrected chi connectivity index (χ2v) is 1.50. The Labute approximate surface area is 117 Å². The van der Waals surface area contributed by atoms with Crippen LogP contribution in [0.5, 0.6) is 0 Å². The third-order valence-electron chi connectivity index (χ3n) is 0. The van der Waals surface area contributed by atoms with Crippen LogP contribution in [0.1, 0.15) is 0 Å². The van der Waals surface area contributed by atoms with E-state index in [1.807, 2.05) is 0 Å². The van der Waals surface area contributed by atoms with E-state index < -0.39 is 18.3 Å². The minimum absolute atomic E-state index is 0. The van der Waals surface area contributed by atoms with Crippen LogP contribution in [-0.4, -0.2) is 18.3 Å². The van der Waals surface area contributed by atoms with Gasteiger partial charge < -0.3 is 28.1 Å². The van der Waals surface area contributed by atoms with Crippen LogP contribution >= 0.6 is 0 Å². The van der Waals surface area contributed by atoms with Gasteiger partial charge in [0.25, 0.3) is 0 Å². The Kier molecular flexibility index (Phi) is 92.0. The monoisotopic (exact) mass is 277 g/mol. The molecule has 6 nitrogen and oxygen atoms in total. The summed E-state index contributed by atoms with van der Waals surface area (Å²) < 4.78 is 17.0. The van der Waals surface area contributed by atoms with Gasteiger partial charge in [0.1, 0.15) is 0 Å². The second kappa shape index (κ2) is 29.4. The molecule has 12 heavy (non-hydrogen) atoms. The van der Waals surface area contributed by atoms with Gasteiger partial charge in [0.2, 0.25) is 0 Å². The van der Waals surface area contributed by atoms with Crippen molar-refractivity contribution in [1.29, 1.82) is 0 Å². The maximum atomic E-state index is 8.52. The van der Waals surface area contributed by atoms with Gasteiger partial charge in [0.15, 0.2) is 0 Å². The first-order chi connectivity index (χ1) is 3.46. The standard InChI is InChI=1S/Fe.2Li.Mn.2O3Si/c;;;;2*1-4(2)3/q;2*+1;+2;2*-2. The number of hydrogen-bond donors (Lipinski definition) is 0. The van der Waals surface area contributed by atoms with Crippen LogP contribution in [-0.2, 0) is 43.1 Å². The van der Waals surface area contributed by atoms with Crippen LogP contribution in [0.2, 0.25) is 0 Å². The Morgan fingerprint density at radius 1 is 0.750 bits per heavy atom. The molecule has 0 aliphatic heterocycles. The predicted octanol–water partition coefficient (Wildman–Crippen LogP) is -11.8. The van der Waals surface area contributed by atoms with Gasteiger partial charge in [-0.15, -0.1) is 0 Å². The van der Waals surface area contributed by atoms with Crippen LogP contribution in [0.25, 0.3) is 0 Å². The average molecular weight is 277 g/mol. The van der Waals surface area contributed by atoms with E-state index in [0.29, 0.717) is 0 Å². The molecule has 0 aliphatic rings. The van der Waals surface area contributed by atoms with Crippen molar-refractivity contribution in [3.63, 3.8) is 0 Å². The molecule has 0 atom stereocenters. The zero-order valence-corrected chi connectivity index (χ0v) is 10.5. The first kappa shape index (κ1) is 37.5. The van der Waals surface area contributed by atoms with Crippen LogP contribution < -0.4 is 56.9 Å². The predicted molar refractivity (Wildman–Crippen MR) is 12.9 cm³/mol. The number of rotatable bonds is 0. The van der Waals surface area contributed by atoms with Gasteiger partial charge in [0.05, 0.1) is 0 Å². The molecule has 0 heterocycles. The minimum atomic E-state index is -3.63. The fourth-order valence-electron chi connectivity index (χ4n) is 0. The van der Waals surface area contributed by atoms with Gasteiger partial charge in [0, 0.05) is 35.4 Å². The third-order valence-corrected chi connectivity index (χ3v) is 0. The van der Waals surface area contributed by atoms with Crippen LogP contribution in [0, 0.1) is 0 Å². The Balaban J connectivity index is -0.0000000112. The van der Waals surface area contributed by atoms with Gasteiger partial charge in [-0.1, -0.05) is 0 Å². The fourth-order valence-corrected chi connectivity index (χ4v) is 0. The SMILES string of the molecule is O=[Si]([O-])[O-].O=[Si]([O-])[O-].[Fe].[Li+].[Li+].[Mn+2]. The van der Waals surface area contributed by atoms with E-state index in [-0.39, 0.29) is 71.9 Å². The molecule has 61 valence electrons. The smallest absolute Gasteiger partial charge is 0.672 e. The van der Waals surface area contributed by atoms with E-state index in [9.17, 15) is 0 Å². The van der Waals surface area contributed by atoms with E-state index >= 15 is 0 Å². The molecule has 0 saturated heterocycles. The molecule has 0 aliphatic carbocycles.